The van der Waals surface area contributed by atoms with Gasteiger partial charge in [0.1, 0.15) is 0 Å². The van der Waals surface area contributed by atoms with Crippen molar-refractivity contribution < 1.29 is 4.79 Å². The first-order valence-corrected chi connectivity index (χ1v) is 8.26. The van der Waals surface area contributed by atoms with Crippen LogP contribution < -0.4 is 5.32 Å². The number of carbonyl (C=O) groups is 1. The van der Waals surface area contributed by atoms with E-state index in [-0.39, 0.29) is 5.91 Å². The van der Waals surface area contributed by atoms with Crippen LogP contribution in [0.15, 0.2) is 22.7 Å². The smallest absolute Gasteiger partial charge is 0.253 e. The summed E-state index contributed by atoms with van der Waals surface area (Å²) in [5, 5.41) is 4.06. The van der Waals surface area contributed by atoms with Gasteiger partial charge in [0, 0.05) is 29.2 Å². The van der Waals surface area contributed by atoms with Crippen LogP contribution in [0.3, 0.4) is 0 Å². The molecule has 0 saturated carbocycles. The molecule has 20 heavy (non-hydrogen) atoms. The number of nitrogens with zero attached hydrogens (tertiary/aromatic N) is 1. The van der Waals surface area contributed by atoms with Gasteiger partial charge in [0.05, 0.1) is 5.02 Å². The Kier molecular flexibility index (Phi) is 5.87. The predicted molar refractivity (Wildman–Crippen MR) is 86.4 cm³/mol. The van der Waals surface area contributed by atoms with Crippen LogP contribution in [0.2, 0.25) is 5.02 Å². The van der Waals surface area contributed by atoms with E-state index in [0.717, 1.165) is 24.0 Å². The third-order valence-electron chi connectivity index (χ3n) is 3.69. The van der Waals surface area contributed by atoms with Gasteiger partial charge in [-0.05, 0) is 60.4 Å². The SMILES string of the molecule is CCN(CC1CCCCN1)C(=O)c1ccc(Br)c(Cl)c1. The molecule has 1 aromatic rings. The van der Waals surface area contributed by atoms with E-state index in [9.17, 15) is 4.79 Å². The molecule has 5 heteroatoms. The summed E-state index contributed by atoms with van der Waals surface area (Å²) in [4.78, 5) is 14.4. The monoisotopic (exact) mass is 358 g/mol. The molecule has 1 aliphatic heterocycles. The van der Waals surface area contributed by atoms with Crippen LogP contribution in [-0.2, 0) is 0 Å². The van der Waals surface area contributed by atoms with Crippen molar-refractivity contribution in [2.75, 3.05) is 19.6 Å². The first-order valence-electron chi connectivity index (χ1n) is 7.09. The van der Waals surface area contributed by atoms with Crippen LogP contribution in [0.1, 0.15) is 36.5 Å². The van der Waals surface area contributed by atoms with E-state index in [1.807, 2.05) is 24.0 Å². The molecule has 0 spiro atoms. The Hall–Kier alpha value is -0.580. The molecule has 1 fully saturated rings. The van der Waals surface area contributed by atoms with Crippen molar-refractivity contribution >= 4 is 33.4 Å². The molecule has 1 amide bonds. The van der Waals surface area contributed by atoms with Gasteiger partial charge < -0.3 is 10.2 Å². The number of halogens is 2. The average Bonchev–Trinajstić information content (AvgIpc) is 2.48. The zero-order chi connectivity index (χ0) is 14.5. The minimum Gasteiger partial charge on any atom is -0.337 e. The van der Waals surface area contributed by atoms with Gasteiger partial charge in [0.2, 0.25) is 0 Å². The molecule has 0 bridgehead atoms. The molecule has 1 saturated heterocycles. The fourth-order valence-electron chi connectivity index (χ4n) is 2.51. The van der Waals surface area contributed by atoms with Gasteiger partial charge in [-0.2, -0.15) is 0 Å². The van der Waals surface area contributed by atoms with Crippen molar-refractivity contribution in [3.05, 3.63) is 33.3 Å². The molecule has 1 unspecified atom stereocenters. The van der Waals surface area contributed by atoms with Crippen molar-refractivity contribution in [3.8, 4) is 0 Å². The second-order valence-corrected chi connectivity index (χ2v) is 6.38. The standard InChI is InChI=1S/C15H20BrClN2O/c1-2-19(10-12-5-3-4-8-18-12)15(20)11-6-7-13(16)14(17)9-11/h6-7,9,12,18H,2-5,8,10H2,1H3. The number of benzene rings is 1. The fraction of sp³-hybridized carbons (Fsp3) is 0.533. The number of nitrogens with one attached hydrogen (secondary N) is 1. The van der Waals surface area contributed by atoms with Gasteiger partial charge in [-0.15, -0.1) is 0 Å². The lowest BCUT2D eigenvalue weighted by atomic mass is 10.0. The third kappa shape index (κ3) is 3.96. The van der Waals surface area contributed by atoms with Gasteiger partial charge in [0.15, 0.2) is 0 Å². The van der Waals surface area contributed by atoms with Crippen LogP contribution in [-0.4, -0.2) is 36.5 Å². The van der Waals surface area contributed by atoms with Crippen molar-refractivity contribution in [1.29, 1.82) is 0 Å². The van der Waals surface area contributed by atoms with E-state index >= 15 is 0 Å². The molecule has 1 heterocycles. The number of likely N-dealkylation sites (N-methyl/N-ethyl adjacent to an activating group) is 1. The summed E-state index contributed by atoms with van der Waals surface area (Å²) in [6.45, 7) is 4.55. The maximum Gasteiger partial charge on any atom is 0.253 e. The van der Waals surface area contributed by atoms with Crippen LogP contribution in [0.4, 0.5) is 0 Å². The summed E-state index contributed by atoms with van der Waals surface area (Å²) < 4.78 is 0.813. The minimum absolute atomic E-state index is 0.0503. The zero-order valence-corrected chi connectivity index (χ0v) is 14.0. The lowest BCUT2D eigenvalue weighted by Gasteiger charge is -2.30. The van der Waals surface area contributed by atoms with Crippen molar-refractivity contribution in [1.82, 2.24) is 10.2 Å². The predicted octanol–water partition coefficient (Wildman–Crippen LogP) is 3.71. The first kappa shape index (κ1) is 15.8. The highest BCUT2D eigenvalue weighted by molar-refractivity contribution is 9.10. The average molecular weight is 360 g/mol. The second-order valence-electron chi connectivity index (χ2n) is 5.12. The summed E-state index contributed by atoms with van der Waals surface area (Å²) in [6, 6.07) is 5.78. The number of hydrogen-bond acceptors (Lipinski definition) is 2. The molecule has 1 N–H and O–H groups in total. The summed E-state index contributed by atoms with van der Waals surface area (Å²) >= 11 is 9.41. The third-order valence-corrected chi connectivity index (χ3v) is 4.92. The van der Waals surface area contributed by atoms with Gasteiger partial charge in [-0.1, -0.05) is 18.0 Å². The van der Waals surface area contributed by atoms with Crippen LogP contribution in [0.5, 0.6) is 0 Å². The molecule has 2 rings (SSSR count). The topological polar surface area (TPSA) is 32.3 Å². The summed E-state index contributed by atoms with van der Waals surface area (Å²) in [5.41, 5.74) is 0.649. The molecule has 0 aliphatic carbocycles. The Morgan fingerprint density at radius 3 is 2.90 bits per heavy atom. The number of carbonyl (C=O) groups excluding carboxylic acids is 1. The lowest BCUT2D eigenvalue weighted by molar-refractivity contribution is 0.0741. The van der Waals surface area contributed by atoms with Gasteiger partial charge >= 0.3 is 0 Å². The molecule has 1 aromatic carbocycles. The van der Waals surface area contributed by atoms with Crippen molar-refractivity contribution in [3.63, 3.8) is 0 Å². The molecule has 3 nitrogen and oxygen atoms in total. The van der Waals surface area contributed by atoms with Crippen LogP contribution in [0.25, 0.3) is 0 Å². The minimum atomic E-state index is 0.0503. The number of piperidine rings is 1. The molecular formula is C15H20BrClN2O. The van der Waals surface area contributed by atoms with E-state index < -0.39 is 0 Å². The molecule has 1 aliphatic rings. The highest BCUT2D eigenvalue weighted by atomic mass is 79.9. The van der Waals surface area contributed by atoms with Gasteiger partial charge in [0.25, 0.3) is 5.91 Å². The highest BCUT2D eigenvalue weighted by Gasteiger charge is 2.20. The quantitative estimate of drug-likeness (QED) is 0.889. The summed E-state index contributed by atoms with van der Waals surface area (Å²) in [5.74, 6) is 0.0503. The van der Waals surface area contributed by atoms with Gasteiger partial charge in [-0.25, -0.2) is 0 Å². The first-order chi connectivity index (χ1) is 9.61. The molecule has 0 aromatic heterocycles. The maximum absolute atomic E-state index is 12.5. The summed E-state index contributed by atoms with van der Waals surface area (Å²) in [6.07, 6.45) is 3.62. The lowest BCUT2D eigenvalue weighted by Crippen LogP contribution is -2.45. The van der Waals surface area contributed by atoms with Crippen LogP contribution in [0, 0.1) is 0 Å². The fourth-order valence-corrected chi connectivity index (χ4v) is 2.94. The Bertz CT molecular complexity index is 475. The van der Waals surface area contributed by atoms with E-state index in [1.165, 1.54) is 12.8 Å². The van der Waals surface area contributed by atoms with Crippen molar-refractivity contribution in [2.45, 2.75) is 32.2 Å². The Labute approximate surface area is 133 Å². The van der Waals surface area contributed by atoms with Crippen molar-refractivity contribution in [2.24, 2.45) is 0 Å². The Balaban J connectivity index is 2.05. The normalized spacial score (nSPS) is 18.9. The largest absolute Gasteiger partial charge is 0.337 e. The number of amides is 1. The Morgan fingerprint density at radius 2 is 2.30 bits per heavy atom. The van der Waals surface area contributed by atoms with E-state index in [4.69, 9.17) is 11.6 Å². The maximum atomic E-state index is 12.5. The molecule has 0 radical (unpaired) electrons. The van der Waals surface area contributed by atoms with E-state index in [1.54, 1.807) is 6.07 Å². The molecule has 1 atom stereocenters. The highest BCUT2D eigenvalue weighted by Crippen LogP contribution is 2.24. The Morgan fingerprint density at radius 1 is 1.50 bits per heavy atom. The zero-order valence-electron chi connectivity index (χ0n) is 11.7. The molecular weight excluding hydrogens is 340 g/mol. The van der Waals surface area contributed by atoms with Crippen LogP contribution >= 0.6 is 27.5 Å². The van der Waals surface area contributed by atoms with Gasteiger partial charge in [-0.3, -0.25) is 4.79 Å². The van der Waals surface area contributed by atoms with E-state index in [2.05, 4.69) is 21.2 Å². The van der Waals surface area contributed by atoms with E-state index in [0.29, 0.717) is 23.2 Å². The molecule has 110 valence electrons. The second kappa shape index (κ2) is 7.43. The number of rotatable bonds is 4. The number of hydrogen-bond donors (Lipinski definition) is 1. The summed E-state index contributed by atoms with van der Waals surface area (Å²) in [7, 11) is 0.